The summed E-state index contributed by atoms with van der Waals surface area (Å²) < 4.78 is 13.4. The van der Waals surface area contributed by atoms with Crippen molar-refractivity contribution >= 4 is 16.8 Å². The molecule has 220 valence electrons. The van der Waals surface area contributed by atoms with Gasteiger partial charge in [0.2, 0.25) is 0 Å². The van der Waals surface area contributed by atoms with Gasteiger partial charge in [-0.2, -0.15) is 0 Å². The number of benzene rings is 3. The lowest BCUT2D eigenvalue weighted by molar-refractivity contribution is 0.0364. The second-order valence-corrected chi connectivity index (χ2v) is 11.2. The molecule has 2 aliphatic rings. The summed E-state index contributed by atoms with van der Waals surface area (Å²) in [5, 5.41) is 4.46. The Balaban J connectivity index is 1.39. The van der Waals surface area contributed by atoms with Gasteiger partial charge in [-0.15, -0.1) is 0 Å². The van der Waals surface area contributed by atoms with Gasteiger partial charge >= 0.3 is 0 Å². The van der Waals surface area contributed by atoms with E-state index >= 15 is 0 Å². The second-order valence-electron chi connectivity index (χ2n) is 11.2. The molecule has 42 heavy (non-hydrogen) atoms. The summed E-state index contributed by atoms with van der Waals surface area (Å²) in [5.74, 6) is -0.0712. The van der Waals surface area contributed by atoms with E-state index in [2.05, 4.69) is 105 Å². The first-order valence-electron chi connectivity index (χ1n) is 15.4. The van der Waals surface area contributed by atoms with E-state index in [-0.39, 0.29) is 11.8 Å². The number of nitrogens with zero attached hydrogens (tertiary/aromatic N) is 3. The predicted molar refractivity (Wildman–Crippen MR) is 167 cm³/mol. The van der Waals surface area contributed by atoms with Crippen LogP contribution in [0.5, 0.6) is 0 Å². The van der Waals surface area contributed by atoms with Crippen molar-refractivity contribution in [1.29, 1.82) is 0 Å². The first-order chi connectivity index (χ1) is 20.8. The van der Waals surface area contributed by atoms with Gasteiger partial charge in [0, 0.05) is 68.2 Å². The standard InChI is InChI=1S/C35H42N4O3/c40-35(36-16-9-17-37-20-24-41-25-21-37)34-33(32(28-10-3-1-4-11-28)29-12-5-2-6-13-29)30-14-7-8-15-31(30)39(34)19-18-38-22-26-42-27-23-38/h1-8,10-15,32H,9,16-27H2,(H,36,40). The third kappa shape index (κ3) is 6.60. The maximum Gasteiger partial charge on any atom is 0.268 e. The molecule has 0 aliphatic carbocycles. The molecular weight excluding hydrogens is 524 g/mol. The van der Waals surface area contributed by atoms with Crippen LogP contribution < -0.4 is 5.32 Å². The van der Waals surface area contributed by atoms with E-state index in [0.717, 1.165) is 101 Å². The van der Waals surface area contributed by atoms with Gasteiger partial charge in [-0.25, -0.2) is 0 Å². The number of fused-ring (bicyclic) bond motifs is 1. The number of hydrogen-bond donors (Lipinski definition) is 1. The van der Waals surface area contributed by atoms with Crippen molar-refractivity contribution in [2.24, 2.45) is 0 Å². The average molecular weight is 567 g/mol. The van der Waals surface area contributed by atoms with Crippen LogP contribution in [-0.2, 0) is 16.0 Å². The zero-order valence-corrected chi connectivity index (χ0v) is 24.4. The maximum absolute atomic E-state index is 14.3. The number of para-hydroxylation sites is 1. The Morgan fingerprint density at radius 3 is 1.86 bits per heavy atom. The smallest absolute Gasteiger partial charge is 0.268 e. The number of hydrogen-bond acceptors (Lipinski definition) is 5. The minimum atomic E-state index is -0.0731. The van der Waals surface area contributed by atoms with Crippen LogP contribution in [0, 0.1) is 0 Å². The molecule has 2 aliphatic heterocycles. The number of amides is 1. The van der Waals surface area contributed by atoms with Crippen LogP contribution in [0.3, 0.4) is 0 Å². The number of carbonyl (C=O) groups excluding carboxylic acids is 1. The molecule has 7 heteroatoms. The van der Waals surface area contributed by atoms with Crippen LogP contribution in [0.2, 0.25) is 0 Å². The zero-order valence-electron chi connectivity index (χ0n) is 24.4. The number of morpholine rings is 2. The fourth-order valence-corrected chi connectivity index (χ4v) is 6.40. The van der Waals surface area contributed by atoms with Crippen LogP contribution in [0.4, 0.5) is 0 Å². The van der Waals surface area contributed by atoms with E-state index in [9.17, 15) is 4.79 Å². The summed E-state index contributed by atoms with van der Waals surface area (Å²) in [5.41, 5.74) is 5.32. The van der Waals surface area contributed by atoms with Crippen molar-refractivity contribution in [2.45, 2.75) is 18.9 Å². The third-order valence-electron chi connectivity index (χ3n) is 8.56. The molecule has 4 aromatic rings. The predicted octanol–water partition coefficient (Wildman–Crippen LogP) is 4.61. The van der Waals surface area contributed by atoms with Gasteiger partial charge in [-0.3, -0.25) is 14.6 Å². The van der Waals surface area contributed by atoms with Gasteiger partial charge in [-0.05, 0) is 30.2 Å². The minimum absolute atomic E-state index is 0.00187. The molecule has 0 unspecified atom stereocenters. The molecule has 0 saturated carbocycles. The third-order valence-corrected chi connectivity index (χ3v) is 8.56. The number of nitrogens with one attached hydrogen (secondary N) is 1. The van der Waals surface area contributed by atoms with E-state index in [1.165, 1.54) is 11.1 Å². The summed E-state index contributed by atoms with van der Waals surface area (Å²) in [7, 11) is 0. The van der Waals surface area contributed by atoms with Crippen LogP contribution in [0.25, 0.3) is 10.9 Å². The van der Waals surface area contributed by atoms with Crippen molar-refractivity contribution in [3.63, 3.8) is 0 Å². The summed E-state index contributed by atoms with van der Waals surface area (Å²) in [6.45, 7) is 10.1. The Morgan fingerprint density at radius 2 is 1.24 bits per heavy atom. The highest BCUT2D eigenvalue weighted by Crippen LogP contribution is 2.40. The second kappa shape index (κ2) is 14.1. The van der Waals surface area contributed by atoms with E-state index in [0.29, 0.717) is 6.54 Å². The first kappa shape index (κ1) is 28.6. The molecule has 0 radical (unpaired) electrons. The number of ether oxygens (including phenoxy) is 2. The molecule has 3 heterocycles. The molecule has 3 aromatic carbocycles. The van der Waals surface area contributed by atoms with E-state index in [1.807, 2.05) is 0 Å². The molecule has 0 atom stereocenters. The van der Waals surface area contributed by atoms with Gasteiger partial charge < -0.3 is 19.4 Å². The quantitative estimate of drug-likeness (QED) is 0.269. The van der Waals surface area contributed by atoms with E-state index in [1.54, 1.807) is 0 Å². The Morgan fingerprint density at radius 1 is 0.690 bits per heavy atom. The molecule has 1 amide bonds. The molecule has 6 rings (SSSR count). The van der Waals surface area contributed by atoms with Gasteiger partial charge in [0.15, 0.2) is 0 Å². The molecule has 0 spiro atoms. The summed E-state index contributed by atoms with van der Waals surface area (Å²) in [4.78, 5) is 19.2. The lowest BCUT2D eigenvalue weighted by Crippen LogP contribution is -2.39. The highest BCUT2D eigenvalue weighted by atomic mass is 16.5. The van der Waals surface area contributed by atoms with Crippen molar-refractivity contribution in [3.8, 4) is 0 Å². The van der Waals surface area contributed by atoms with E-state index in [4.69, 9.17) is 9.47 Å². The Bertz CT molecular complexity index is 1390. The van der Waals surface area contributed by atoms with Crippen LogP contribution >= 0.6 is 0 Å². The number of aromatic nitrogens is 1. The van der Waals surface area contributed by atoms with Crippen molar-refractivity contribution in [2.75, 3.05) is 72.2 Å². The van der Waals surface area contributed by atoms with Crippen LogP contribution in [0.1, 0.15) is 39.5 Å². The van der Waals surface area contributed by atoms with Gasteiger partial charge in [0.1, 0.15) is 5.69 Å². The SMILES string of the molecule is O=C(NCCCN1CCOCC1)c1c(C(c2ccccc2)c2ccccc2)c2ccccc2n1CCN1CCOCC1. The van der Waals surface area contributed by atoms with Gasteiger partial charge in [0.25, 0.3) is 5.91 Å². The summed E-state index contributed by atoms with van der Waals surface area (Å²) >= 11 is 0. The molecule has 0 bridgehead atoms. The highest BCUT2D eigenvalue weighted by Gasteiger charge is 2.30. The summed E-state index contributed by atoms with van der Waals surface area (Å²) in [6, 6.07) is 29.7. The molecule has 1 aromatic heterocycles. The lowest BCUT2D eigenvalue weighted by atomic mass is 9.83. The van der Waals surface area contributed by atoms with Crippen LogP contribution in [0.15, 0.2) is 84.9 Å². The monoisotopic (exact) mass is 566 g/mol. The molecule has 2 saturated heterocycles. The largest absolute Gasteiger partial charge is 0.379 e. The van der Waals surface area contributed by atoms with Crippen molar-refractivity contribution in [1.82, 2.24) is 19.7 Å². The summed E-state index contributed by atoms with van der Waals surface area (Å²) in [6.07, 6.45) is 0.913. The van der Waals surface area contributed by atoms with Gasteiger partial charge in [-0.1, -0.05) is 78.9 Å². The Hall–Kier alpha value is -3.49. The van der Waals surface area contributed by atoms with Crippen molar-refractivity contribution in [3.05, 3.63) is 107 Å². The number of carbonyl (C=O) groups is 1. The zero-order chi connectivity index (χ0) is 28.6. The van der Waals surface area contributed by atoms with Gasteiger partial charge in [0.05, 0.1) is 26.4 Å². The lowest BCUT2D eigenvalue weighted by Gasteiger charge is -2.27. The number of rotatable bonds is 11. The topological polar surface area (TPSA) is 59.0 Å². The molecule has 2 fully saturated rings. The first-order valence-corrected chi connectivity index (χ1v) is 15.4. The normalized spacial score (nSPS) is 16.7. The average Bonchev–Trinajstić information content (AvgIpc) is 3.38. The Kier molecular flexibility index (Phi) is 9.62. The Labute approximate surface area is 249 Å². The minimum Gasteiger partial charge on any atom is -0.379 e. The highest BCUT2D eigenvalue weighted by molar-refractivity contribution is 6.02. The fourth-order valence-electron chi connectivity index (χ4n) is 6.40. The maximum atomic E-state index is 14.3. The van der Waals surface area contributed by atoms with Crippen molar-refractivity contribution < 1.29 is 14.3 Å². The molecule has 1 N–H and O–H groups in total. The van der Waals surface area contributed by atoms with Crippen LogP contribution in [-0.4, -0.2) is 92.5 Å². The molecule has 7 nitrogen and oxygen atoms in total. The van der Waals surface area contributed by atoms with E-state index < -0.39 is 0 Å². The molecular formula is C35H42N4O3. The fraction of sp³-hybridized carbons (Fsp3) is 0.400.